The molecule has 0 amide bonds. The van der Waals surface area contributed by atoms with Crippen molar-refractivity contribution in [2.24, 2.45) is 0 Å². The summed E-state index contributed by atoms with van der Waals surface area (Å²) >= 11 is 3.66. The first kappa shape index (κ1) is 20.7. The molecule has 4 nitrogen and oxygen atoms in total. The van der Waals surface area contributed by atoms with Crippen LogP contribution in [0, 0.1) is 6.92 Å². The molecule has 1 N–H and O–H groups in total. The Bertz CT molecular complexity index is 1280. The number of hydrogen-bond acceptors (Lipinski definition) is 3. The van der Waals surface area contributed by atoms with Crippen molar-refractivity contribution in [3.63, 3.8) is 0 Å². The van der Waals surface area contributed by atoms with Crippen LogP contribution in [-0.2, 0) is 16.6 Å². The summed E-state index contributed by atoms with van der Waals surface area (Å²) in [5.41, 5.74) is 7.95. The van der Waals surface area contributed by atoms with E-state index in [1.54, 1.807) is 6.07 Å². The Labute approximate surface area is 185 Å². The van der Waals surface area contributed by atoms with Gasteiger partial charge in [0.1, 0.15) is 12.4 Å². The number of benzene rings is 3. The standard InChI is InChI=1S/C24H22BrNO3S/c1-15-11-23-21(13-22(15)25)24(20-10-5-4-7-18(20)14-29-23)16(2)17-8-6-9-19(12-17)26-30(3,27)28/h4-13,26H,14H2,1-3H3/b24-16-. The highest BCUT2D eigenvalue weighted by Crippen LogP contribution is 2.43. The summed E-state index contributed by atoms with van der Waals surface area (Å²) in [6.07, 6.45) is 1.15. The molecule has 3 aromatic carbocycles. The molecule has 6 heteroatoms. The second-order valence-electron chi connectivity index (χ2n) is 7.50. The Morgan fingerprint density at radius 1 is 1.03 bits per heavy atom. The zero-order valence-corrected chi connectivity index (χ0v) is 19.4. The molecular formula is C24H22BrNO3S. The number of halogens is 1. The molecule has 1 aliphatic rings. The SMILES string of the molecule is C/C(=C1\c2ccccc2COc2cc(C)c(Br)cc21)c1cccc(NS(C)(=O)=O)c1. The zero-order valence-electron chi connectivity index (χ0n) is 17.0. The van der Waals surface area contributed by atoms with Gasteiger partial charge in [0.05, 0.1) is 6.26 Å². The van der Waals surface area contributed by atoms with Crippen LogP contribution in [0.2, 0.25) is 0 Å². The molecule has 0 spiro atoms. The third-order valence-corrected chi connectivity index (χ3v) is 6.63. The maximum Gasteiger partial charge on any atom is 0.229 e. The van der Waals surface area contributed by atoms with Crippen molar-refractivity contribution in [3.05, 3.63) is 93.0 Å². The molecule has 30 heavy (non-hydrogen) atoms. The van der Waals surface area contributed by atoms with Gasteiger partial charge in [0, 0.05) is 15.7 Å². The minimum absolute atomic E-state index is 0.497. The lowest BCUT2D eigenvalue weighted by Crippen LogP contribution is -2.09. The lowest BCUT2D eigenvalue weighted by Gasteiger charge is -2.17. The fraction of sp³-hybridized carbons (Fsp3) is 0.167. The third kappa shape index (κ3) is 4.16. The van der Waals surface area contributed by atoms with Gasteiger partial charge in [-0.15, -0.1) is 0 Å². The van der Waals surface area contributed by atoms with Gasteiger partial charge in [0.2, 0.25) is 10.0 Å². The van der Waals surface area contributed by atoms with Gasteiger partial charge >= 0.3 is 0 Å². The number of hydrogen-bond donors (Lipinski definition) is 1. The van der Waals surface area contributed by atoms with E-state index in [2.05, 4.69) is 51.8 Å². The van der Waals surface area contributed by atoms with Gasteiger partial charge in [-0.1, -0.05) is 52.3 Å². The molecule has 4 rings (SSSR count). The quantitative estimate of drug-likeness (QED) is 0.496. The van der Waals surface area contributed by atoms with Crippen molar-refractivity contribution in [2.45, 2.75) is 20.5 Å². The van der Waals surface area contributed by atoms with Crippen molar-refractivity contribution in [1.82, 2.24) is 0 Å². The van der Waals surface area contributed by atoms with E-state index < -0.39 is 10.0 Å². The lowest BCUT2D eigenvalue weighted by molar-refractivity contribution is 0.307. The van der Waals surface area contributed by atoms with Crippen LogP contribution in [-0.4, -0.2) is 14.7 Å². The van der Waals surface area contributed by atoms with Gasteiger partial charge in [-0.05, 0) is 71.5 Å². The van der Waals surface area contributed by atoms with Gasteiger partial charge in [0.25, 0.3) is 0 Å². The third-order valence-electron chi connectivity index (χ3n) is 5.17. The highest BCUT2D eigenvalue weighted by molar-refractivity contribution is 9.10. The Balaban J connectivity index is 1.98. The number of fused-ring (bicyclic) bond motifs is 2. The smallest absolute Gasteiger partial charge is 0.229 e. The molecule has 0 bridgehead atoms. The molecule has 3 aromatic rings. The minimum atomic E-state index is -3.35. The second kappa shape index (κ2) is 7.93. The summed E-state index contributed by atoms with van der Waals surface area (Å²) < 4.78 is 33.1. The first-order chi connectivity index (χ1) is 14.2. The first-order valence-corrected chi connectivity index (χ1v) is 12.2. The van der Waals surface area contributed by atoms with Crippen molar-refractivity contribution < 1.29 is 13.2 Å². The van der Waals surface area contributed by atoms with Crippen LogP contribution < -0.4 is 9.46 Å². The molecule has 0 fully saturated rings. The number of rotatable bonds is 3. The second-order valence-corrected chi connectivity index (χ2v) is 10.1. The summed E-state index contributed by atoms with van der Waals surface area (Å²) in [6, 6.07) is 19.9. The van der Waals surface area contributed by atoms with Gasteiger partial charge in [-0.25, -0.2) is 8.42 Å². The van der Waals surface area contributed by atoms with Gasteiger partial charge in [-0.2, -0.15) is 0 Å². The summed E-state index contributed by atoms with van der Waals surface area (Å²) in [5.74, 6) is 0.840. The Kier molecular flexibility index (Phi) is 5.47. The summed E-state index contributed by atoms with van der Waals surface area (Å²) in [6.45, 7) is 4.60. The van der Waals surface area contributed by atoms with E-state index in [4.69, 9.17) is 4.74 Å². The normalized spacial score (nSPS) is 14.8. The number of aryl methyl sites for hydroxylation is 1. The fourth-order valence-corrected chi connectivity index (χ4v) is 4.64. The highest BCUT2D eigenvalue weighted by Gasteiger charge is 2.22. The van der Waals surface area contributed by atoms with Gasteiger partial charge in [-0.3, -0.25) is 4.72 Å². The molecule has 1 aliphatic heterocycles. The van der Waals surface area contributed by atoms with Crippen LogP contribution in [0.3, 0.4) is 0 Å². The number of nitrogens with one attached hydrogen (secondary N) is 1. The minimum Gasteiger partial charge on any atom is -0.488 e. The van der Waals surface area contributed by atoms with Crippen LogP contribution in [0.1, 0.15) is 34.7 Å². The van der Waals surface area contributed by atoms with Crippen LogP contribution in [0.4, 0.5) is 5.69 Å². The lowest BCUT2D eigenvalue weighted by atomic mass is 9.88. The molecule has 0 aliphatic carbocycles. The summed E-state index contributed by atoms with van der Waals surface area (Å²) in [5, 5.41) is 0. The molecule has 154 valence electrons. The molecule has 0 aromatic heterocycles. The monoisotopic (exact) mass is 483 g/mol. The topological polar surface area (TPSA) is 55.4 Å². The largest absolute Gasteiger partial charge is 0.488 e. The van der Waals surface area contributed by atoms with E-state index >= 15 is 0 Å². The van der Waals surface area contributed by atoms with E-state index in [1.165, 1.54) is 0 Å². The highest BCUT2D eigenvalue weighted by atomic mass is 79.9. The molecule has 0 unspecified atom stereocenters. The predicted molar refractivity (Wildman–Crippen MR) is 126 cm³/mol. The van der Waals surface area contributed by atoms with Crippen LogP contribution in [0.15, 0.2) is 65.1 Å². The van der Waals surface area contributed by atoms with E-state index in [1.807, 2.05) is 37.3 Å². The van der Waals surface area contributed by atoms with Crippen molar-refractivity contribution >= 4 is 42.8 Å². The van der Waals surface area contributed by atoms with E-state index in [9.17, 15) is 8.42 Å². The molecule has 1 heterocycles. The summed E-state index contributed by atoms with van der Waals surface area (Å²) in [4.78, 5) is 0. The number of anilines is 1. The van der Waals surface area contributed by atoms with Gasteiger partial charge < -0.3 is 4.74 Å². The molecule has 0 radical (unpaired) electrons. The molecule has 0 atom stereocenters. The maximum atomic E-state index is 11.7. The zero-order chi connectivity index (χ0) is 21.5. The fourth-order valence-electron chi connectivity index (χ4n) is 3.74. The predicted octanol–water partition coefficient (Wildman–Crippen LogP) is 6.00. The number of allylic oxidation sites excluding steroid dienone is 1. The summed E-state index contributed by atoms with van der Waals surface area (Å²) in [7, 11) is -3.35. The Hall–Kier alpha value is -2.57. The number of sulfonamides is 1. The van der Waals surface area contributed by atoms with Gasteiger partial charge in [0.15, 0.2) is 0 Å². The van der Waals surface area contributed by atoms with Crippen molar-refractivity contribution in [1.29, 1.82) is 0 Å². The van der Waals surface area contributed by atoms with Crippen molar-refractivity contribution in [3.8, 4) is 5.75 Å². The molecule has 0 saturated carbocycles. The molecule has 0 saturated heterocycles. The maximum absolute atomic E-state index is 11.7. The first-order valence-electron chi connectivity index (χ1n) is 9.53. The number of ether oxygens (including phenoxy) is 1. The van der Waals surface area contributed by atoms with E-state index in [0.717, 1.165) is 55.4 Å². The van der Waals surface area contributed by atoms with Crippen molar-refractivity contribution in [2.75, 3.05) is 11.0 Å². The van der Waals surface area contributed by atoms with Crippen LogP contribution in [0.25, 0.3) is 11.1 Å². The Morgan fingerprint density at radius 2 is 1.80 bits per heavy atom. The van der Waals surface area contributed by atoms with E-state index in [0.29, 0.717) is 12.3 Å². The average molecular weight is 484 g/mol. The Morgan fingerprint density at radius 3 is 2.57 bits per heavy atom. The van der Waals surface area contributed by atoms with E-state index in [-0.39, 0.29) is 0 Å². The van der Waals surface area contributed by atoms with Crippen LogP contribution >= 0.6 is 15.9 Å². The van der Waals surface area contributed by atoms with Crippen LogP contribution in [0.5, 0.6) is 5.75 Å². The average Bonchev–Trinajstić information content (AvgIpc) is 2.84. The molecular weight excluding hydrogens is 462 g/mol.